The van der Waals surface area contributed by atoms with Crippen molar-refractivity contribution in [1.82, 2.24) is 8.75 Å². The lowest BCUT2D eigenvalue weighted by Crippen LogP contribution is -2.23. The largest absolute Gasteiger partial charge is 0.495 e. The lowest BCUT2D eigenvalue weighted by Gasteiger charge is -2.10. The van der Waals surface area contributed by atoms with Crippen molar-refractivity contribution in [3.63, 3.8) is 0 Å². The van der Waals surface area contributed by atoms with Crippen LogP contribution in [0.5, 0.6) is 5.75 Å². The van der Waals surface area contributed by atoms with Gasteiger partial charge in [-0.25, -0.2) is 8.42 Å². The molecule has 7 nitrogen and oxygen atoms in total. The van der Waals surface area contributed by atoms with Crippen LogP contribution >= 0.6 is 11.7 Å². The zero-order valence-electron chi connectivity index (χ0n) is 12.6. The van der Waals surface area contributed by atoms with Crippen LogP contribution < -0.4 is 10.1 Å². The number of carbonyl (C=O) groups excluding carboxylic acids is 1. The standard InChI is InChI=1S/C15H13N3O4S2/c1-22-12-7-3-2-5-10(12)16-14(19)9-24(20,21)13-8-4-6-11-15(13)18-23-17-11/h2-8H,9H2,1H3,(H,16,19). The maximum Gasteiger partial charge on any atom is 0.240 e. The lowest BCUT2D eigenvalue weighted by molar-refractivity contribution is -0.113. The number of carbonyl (C=O) groups is 1. The number of para-hydroxylation sites is 2. The summed E-state index contributed by atoms with van der Waals surface area (Å²) in [7, 11) is -2.37. The summed E-state index contributed by atoms with van der Waals surface area (Å²) in [6, 6.07) is 11.5. The van der Waals surface area contributed by atoms with Gasteiger partial charge in [0.1, 0.15) is 22.5 Å². The Morgan fingerprint density at radius 3 is 2.75 bits per heavy atom. The van der Waals surface area contributed by atoms with Crippen LogP contribution in [0.25, 0.3) is 11.0 Å². The molecule has 3 aromatic rings. The number of ether oxygens (including phenoxy) is 1. The van der Waals surface area contributed by atoms with Gasteiger partial charge in [0.15, 0.2) is 9.84 Å². The Kier molecular flexibility index (Phi) is 4.45. The first-order valence-electron chi connectivity index (χ1n) is 6.88. The van der Waals surface area contributed by atoms with Crippen LogP contribution in [0.1, 0.15) is 0 Å². The lowest BCUT2D eigenvalue weighted by atomic mass is 10.3. The molecule has 0 fully saturated rings. The fourth-order valence-electron chi connectivity index (χ4n) is 2.22. The molecule has 0 saturated carbocycles. The van der Waals surface area contributed by atoms with Gasteiger partial charge in [0.25, 0.3) is 0 Å². The number of methoxy groups -OCH3 is 1. The van der Waals surface area contributed by atoms with Crippen LogP contribution in [0.3, 0.4) is 0 Å². The summed E-state index contributed by atoms with van der Waals surface area (Å²) in [5.41, 5.74) is 1.19. The first-order valence-corrected chi connectivity index (χ1v) is 9.26. The van der Waals surface area contributed by atoms with E-state index in [1.165, 1.54) is 13.2 Å². The summed E-state index contributed by atoms with van der Waals surface area (Å²) in [4.78, 5) is 12.2. The van der Waals surface area contributed by atoms with Gasteiger partial charge in [-0.3, -0.25) is 4.79 Å². The van der Waals surface area contributed by atoms with Crippen molar-refractivity contribution in [3.8, 4) is 5.75 Å². The summed E-state index contributed by atoms with van der Waals surface area (Å²) < 4.78 is 38.2. The highest BCUT2D eigenvalue weighted by Gasteiger charge is 2.23. The molecule has 0 atom stereocenters. The summed E-state index contributed by atoms with van der Waals surface area (Å²) in [5, 5.41) is 2.55. The first kappa shape index (κ1) is 16.3. The third kappa shape index (κ3) is 3.22. The number of nitrogens with zero attached hydrogens (tertiary/aromatic N) is 2. The predicted molar refractivity (Wildman–Crippen MR) is 91.1 cm³/mol. The average molecular weight is 363 g/mol. The maximum atomic E-state index is 12.5. The van der Waals surface area contributed by atoms with E-state index in [2.05, 4.69) is 14.1 Å². The number of hydrogen-bond acceptors (Lipinski definition) is 7. The number of benzene rings is 2. The maximum absolute atomic E-state index is 12.5. The molecule has 1 aromatic heterocycles. The normalized spacial score (nSPS) is 11.4. The Balaban J connectivity index is 1.84. The molecular weight excluding hydrogens is 350 g/mol. The van der Waals surface area contributed by atoms with Crippen molar-refractivity contribution in [1.29, 1.82) is 0 Å². The molecule has 0 saturated heterocycles. The van der Waals surface area contributed by atoms with Crippen molar-refractivity contribution >= 4 is 44.2 Å². The molecule has 1 N–H and O–H groups in total. The minimum atomic E-state index is -3.84. The van der Waals surface area contributed by atoms with Crippen LogP contribution in [-0.4, -0.2) is 35.9 Å². The number of fused-ring (bicyclic) bond motifs is 1. The number of nitrogens with one attached hydrogen (secondary N) is 1. The number of amides is 1. The van der Waals surface area contributed by atoms with E-state index < -0.39 is 21.5 Å². The summed E-state index contributed by atoms with van der Waals surface area (Å²) in [6.07, 6.45) is 0. The Bertz CT molecular complexity index is 999. The van der Waals surface area contributed by atoms with E-state index in [1.807, 2.05) is 0 Å². The molecule has 3 rings (SSSR count). The zero-order valence-corrected chi connectivity index (χ0v) is 14.2. The van der Waals surface area contributed by atoms with E-state index in [1.54, 1.807) is 36.4 Å². The molecule has 0 aliphatic carbocycles. The smallest absolute Gasteiger partial charge is 0.240 e. The van der Waals surface area contributed by atoms with Crippen molar-refractivity contribution in [3.05, 3.63) is 42.5 Å². The molecule has 0 radical (unpaired) electrons. The van der Waals surface area contributed by atoms with Gasteiger partial charge in [0, 0.05) is 0 Å². The Morgan fingerprint density at radius 1 is 1.17 bits per heavy atom. The monoisotopic (exact) mass is 363 g/mol. The third-order valence-corrected chi connectivity index (χ3v) is 5.47. The van der Waals surface area contributed by atoms with Gasteiger partial charge >= 0.3 is 0 Å². The molecular formula is C15H13N3O4S2. The molecule has 124 valence electrons. The summed E-state index contributed by atoms with van der Waals surface area (Å²) in [6.45, 7) is 0. The third-order valence-electron chi connectivity index (χ3n) is 3.29. The van der Waals surface area contributed by atoms with E-state index in [9.17, 15) is 13.2 Å². The van der Waals surface area contributed by atoms with E-state index in [-0.39, 0.29) is 10.4 Å². The van der Waals surface area contributed by atoms with Crippen molar-refractivity contribution < 1.29 is 17.9 Å². The van der Waals surface area contributed by atoms with E-state index in [0.29, 0.717) is 17.0 Å². The molecule has 0 unspecified atom stereocenters. The number of hydrogen-bond donors (Lipinski definition) is 1. The van der Waals surface area contributed by atoms with Gasteiger partial charge in [0.05, 0.1) is 29.4 Å². The van der Waals surface area contributed by atoms with Crippen molar-refractivity contribution in [2.75, 3.05) is 18.2 Å². The highest BCUT2D eigenvalue weighted by atomic mass is 32.2. The van der Waals surface area contributed by atoms with E-state index in [0.717, 1.165) is 11.7 Å². The Hall–Kier alpha value is -2.52. The van der Waals surface area contributed by atoms with Crippen LogP contribution in [0, 0.1) is 0 Å². The second-order valence-electron chi connectivity index (χ2n) is 4.90. The van der Waals surface area contributed by atoms with Gasteiger partial charge in [-0.05, 0) is 24.3 Å². The SMILES string of the molecule is COc1ccccc1NC(=O)CS(=O)(=O)c1cccc2nsnc12. The first-order chi connectivity index (χ1) is 11.5. The predicted octanol–water partition coefficient (Wildman–Crippen LogP) is 2.11. The van der Waals surface area contributed by atoms with Gasteiger partial charge in [-0.2, -0.15) is 8.75 Å². The number of anilines is 1. The highest BCUT2D eigenvalue weighted by Crippen LogP contribution is 2.25. The molecule has 24 heavy (non-hydrogen) atoms. The fourth-order valence-corrected chi connectivity index (χ4v) is 4.13. The zero-order chi connectivity index (χ0) is 17.2. The van der Waals surface area contributed by atoms with Gasteiger partial charge in [-0.1, -0.05) is 18.2 Å². The second-order valence-corrected chi connectivity index (χ2v) is 7.38. The number of sulfone groups is 1. The molecule has 2 aromatic carbocycles. The van der Waals surface area contributed by atoms with Crippen molar-refractivity contribution in [2.24, 2.45) is 0 Å². The van der Waals surface area contributed by atoms with Gasteiger partial charge in [-0.15, -0.1) is 0 Å². The van der Waals surface area contributed by atoms with Crippen molar-refractivity contribution in [2.45, 2.75) is 4.90 Å². The highest BCUT2D eigenvalue weighted by molar-refractivity contribution is 7.92. The summed E-state index contributed by atoms with van der Waals surface area (Å²) in [5.74, 6) is -0.893. The van der Waals surface area contributed by atoms with Crippen LogP contribution in [0.4, 0.5) is 5.69 Å². The second kappa shape index (κ2) is 6.54. The number of aromatic nitrogens is 2. The minimum Gasteiger partial charge on any atom is -0.495 e. The van der Waals surface area contributed by atoms with Crippen LogP contribution in [0.15, 0.2) is 47.4 Å². The quantitative estimate of drug-likeness (QED) is 0.745. The fraction of sp³-hybridized carbons (Fsp3) is 0.133. The summed E-state index contributed by atoms with van der Waals surface area (Å²) >= 11 is 0.928. The molecule has 0 aliphatic rings. The van der Waals surface area contributed by atoms with Crippen LogP contribution in [0.2, 0.25) is 0 Å². The van der Waals surface area contributed by atoms with Gasteiger partial charge in [0.2, 0.25) is 5.91 Å². The van der Waals surface area contributed by atoms with E-state index in [4.69, 9.17) is 4.74 Å². The Morgan fingerprint density at radius 2 is 1.96 bits per heavy atom. The molecule has 1 amide bonds. The molecule has 0 spiro atoms. The Labute approximate surface area is 142 Å². The van der Waals surface area contributed by atoms with Gasteiger partial charge < -0.3 is 10.1 Å². The average Bonchev–Trinajstić information content (AvgIpc) is 3.03. The van der Waals surface area contributed by atoms with Crippen LogP contribution in [-0.2, 0) is 14.6 Å². The minimum absolute atomic E-state index is 0.00364. The molecule has 0 bridgehead atoms. The van der Waals surface area contributed by atoms with E-state index >= 15 is 0 Å². The molecule has 9 heteroatoms. The number of rotatable bonds is 5. The molecule has 0 aliphatic heterocycles. The topological polar surface area (TPSA) is 98.2 Å². The molecule has 1 heterocycles.